The van der Waals surface area contributed by atoms with Gasteiger partial charge >= 0.3 is 0 Å². The maximum Gasteiger partial charge on any atom is 0.0320 e. The fraction of sp³-hybridized carbons (Fsp3) is 0.429. The molecular formula is C14H20BrN. The zero-order chi connectivity index (χ0) is 11.8. The molecule has 1 unspecified atom stereocenters. The second-order valence-electron chi connectivity index (χ2n) is 3.88. The Bertz CT molecular complexity index is 322. The van der Waals surface area contributed by atoms with E-state index in [2.05, 4.69) is 59.0 Å². The summed E-state index contributed by atoms with van der Waals surface area (Å²) in [7, 11) is 0. The molecule has 0 saturated carbocycles. The van der Waals surface area contributed by atoms with Crippen LogP contribution in [0.4, 0.5) is 0 Å². The molecule has 0 saturated heterocycles. The molecule has 1 atom stereocenters. The molecule has 88 valence electrons. The molecule has 0 amide bonds. The van der Waals surface area contributed by atoms with Crippen molar-refractivity contribution in [3.63, 3.8) is 0 Å². The SMILES string of the molecule is C=CCCCC(NCC)c1cccc(Br)c1. The topological polar surface area (TPSA) is 12.0 Å². The lowest BCUT2D eigenvalue weighted by atomic mass is 10.0. The molecule has 1 aromatic rings. The van der Waals surface area contributed by atoms with Gasteiger partial charge in [0.15, 0.2) is 0 Å². The van der Waals surface area contributed by atoms with Crippen LogP contribution in [0.1, 0.15) is 37.8 Å². The van der Waals surface area contributed by atoms with Crippen molar-refractivity contribution in [3.8, 4) is 0 Å². The Kier molecular flexibility index (Phi) is 6.43. The Labute approximate surface area is 107 Å². The van der Waals surface area contributed by atoms with Crippen molar-refractivity contribution in [2.24, 2.45) is 0 Å². The van der Waals surface area contributed by atoms with Crippen molar-refractivity contribution >= 4 is 15.9 Å². The van der Waals surface area contributed by atoms with Gasteiger partial charge in [0.05, 0.1) is 0 Å². The van der Waals surface area contributed by atoms with Crippen LogP contribution in [-0.4, -0.2) is 6.54 Å². The number of rotatable bonds is 7. The lowest BCUT2D eigenvalue weighted by molar-refractivity contribution is 0.500. The van der Waals surface area contributed by atoms with Crippen molar-refractivity contribution in [3.05, 3.63) is 47.0 Å². The van der Waals surface area contributed by atoms with Gasteiger partial charge in [-0.1, -0.05) is 41.1 Å². The first-order chi connectivity index (χ1) is 7.77. The number of benzene rings is 1. The van der Waals surface area contributed by atoms with E-state index < -0.39 is 0 Å². The summed E-state index contributed by atoms with van der Waals surface area (Å²) in [5, 5.41) is 3.53. The van der Waals surface area contributed by atoms with Crippen molar-refractivity contribution in [2.45, 2.75) is 32.2 Å². The summed E-state index contributed by atoms with van der Waals surface area (Å²) in [6, 6.07) is 9.00. The highest BCUT2D eigenvalue weighted by atomic mass is 79.9. The molecular weight excluding hydrogens is 262 g/mol. The van der Waals surface area contributed by atoms with Gasteiger partial charge in [0.1, 0.15) is 0 Å². The predicted molar refractivity (Wildman–Crippen MR) is 74.6 cm³/mol. The van der Waals surface area contributed by atoms with E-state index in [1.54, 1.807) is 0 Å². The highest BCUT2D eigenvalue weighted by Gasteiger charge is 2.09. The normalized spacial score (nSPS) is 12.4. The molecule has 1 rings (SSSR count). The largest absolute Gasteiger partial charge is 0.310 e. The molecule has 1 aromatic carbocycles. The van der Waals surface area contributed by atoms with Gasteiger partial charge in [-0.15, -0.1) is 6.58 Å². The Morgan fingerprint density at radius 3 is 2.94 bits per heavy atom. The number of unbranched alkanes of at least 4 members (excludes halogenated alkanes) is 1. The average molecular weight is 282 g/mol. The zero-order valence-electron chi connectivity index (χ0n) is 9.88. The first-order valence-electron chi connectivity index (χ1n) is 5.87. The standard InChI is InChI=1S/C14H20BrN/c1-3-5-6-10-14(16-4-2)12-8-7-9-13(15)11-12/h3,7-9,11,14,16H,1,4-6,10H2,2H3. The minimum atomic E-state index is 0.461. The van der Waals surface area contributed by atoms with Crippen LogP contribution < -0.4 is 5.32 Å². The number of hydrogen-bond acceptors (Lipinski definition) is 1. The first kappa shape index (κ1) is 13.5. The van der Waals surface area contributed by atoms with Crippen LogP contribution in [0, 0.1) is 0 Å². The van der Waals surface area contributed by atoms with Crippen molar-refractivity contribution < 1.29 is 0 Å². The third kappa shape index (κ3) is 4.50. The van der Waals surface area contributed by atoms with E-state index in [0.717, 1.165) is 23.9 Å². The summed E-state index contributed by atoms with van der Waals surface area (Å²) in [5.41, 5.74) is 1.36. The highest BCUT2D eigenvalue weighted by Crippen LogP contribution is 2.22. The van der Waals surface area contributed by atoms with Crippen LogP contribution in [0.2, 0.25) is 0 Å². The predicted octanol–water partition coefficient (Wildman–Crippen LogP) is 4.46. The van der Waals surface area contributed by atoms with E-state index in [1.807, 2.05) is 6.08 Å². The maximum atomic E-state index is 3.76. The Balaban J connectivity index is 2.64. The Hall–Kier alpha value is -0.600. The smallest absolute Gasteiger partial charge is 0.0320 e. The van der Waals surface area contributed by atoms with Gasteiger partial charge in [-0.25, -0.2) is 0 Å². The maximum absolute atomic E-state index is 3.76. The minimum Gasteiger partial charge on any atom is -0.310 e. The van der Waals surface area contributed by atoms with E-state index >= 15 is 0 Å². The van der Waals surface area contributed by atoms with E-state index in [-0.39, 0.29) is 0 Å². The molecule has 0 fully saturated rings. The minimum absolute atomic E-state index is 0.461. The van der Waals surface area contributed by atoms with Crippen molar-refractivity contribution in [2.75, 3.05) is 6.54 Å². The van der Waals surface area contributed by atoms with Crippen molar-refractivity contribution in [1.82, 2.24) is 5.32 Å². The van der Waals surface area contributed by atoms with Crippen LogP contribution >= 0.6 is 15.9 Å². The van der Waals surface area contributed by atoms with E-state index in [1.165, 1.54) is 12.0 Å². The molecule has 1 nitrogen and oxygen atoms in total. The summed E-state index contributed by atoms with van der Waals surface area (Å²) in [6.07, 6.45) is 5.43. The molecule has 0 aromatic heterocycles. The van der Waals surface area contributed by atoms with Gasteiger partial charge in [0.2, 0.25) is 0 Å². The summed E-state index contributed by atoms with van der Waals surface area (Å²) in [5.74, 6) is 0. The third-order valence-corrected chi connectivity index (χ3v) is 3.10. The fourth-order valence-corrected chi connectivity index (χ4v) is 2.24. The average Bonchev–Trinajstić information content (AvgIpc) is 2.28. The molecule has 0 radical (unpaired) electrons. The number of allylic oxidation sites excluding steroid dienone is 1. The molecule has 2 heteroatoms. The second kappa shape index (κ2) is 7.64. The molecule has 0 spiro atoms. The Morgan fingerprint density at radius 2 is 2.31 bits per heavy atom. The fourth-order valence-electron chi connectivity index (χ4n) is 1.82. The molecule has 0 aliphatic heterocycles. The molecule has 0 bridgehead atoms. The second-order valence-corrected chi connectivity index (χ2v) is 4.80. The van der Waals surface area contributed by atoms with Crippen LogP contribution in [0.15, 0.2) is 41.4 Å². The zero-order valence-corrected chi connectivity index (χ0v) is 11.5. The molecule has 0 aliphatic rings. The van der Waals surface area contributed by atoms with Gasteiger partial charge in [0, 0.05) is 10.5 Å². The van der Waals surface area contributed by atoms with Gasteiger partial charge in [-0.3, -0.25) is 0 Å². The van der Waals surface area contributed by atoms with Crippen LogP contribution in [0.25, 0.3) is 0 Å². The first-order valence-corrected chi connectivity index (χ1v) is 6.67. The van der Waals surface area contributed by atoms with Crippen molar-refractivity contribution in [1.29, 1.82) is 0 Å². The van der Waals surface area contributed by atoms with Gasteiger partial charge in [0.25, 0.3) is 0 Å². The lowest BCUT2D eigenvalue weighted by Crippen LogP contribution is -2.20. The van der Waals surface area contributed by atoms with E-state index in [4.69, 9.17) is 0 Å². The van der Waals surface area contributed by atoms with Gasteiger partial charge in [-0.2, -0.15) is 0 Å². The summed E-state index contributed by atoms with van der Waals surface area (Å²) in [4.78, 5) is 0. The van der Waals surface area contributed by atoms with E-state index in [9.17, 15) is 0 Å². The third-order valence-electron chi connectivity index (χ3n) is 2.60. The van der Waals surface area contributed by atoms with E-state index in [0.29, 0.717) is 6.04 Å². The highest BCUT2D eigenvalue weighted by molar-refractivity contribution is 9.10. The number of hydrogen-bond donors (Lipinski definition) is 1. The molecule has 1 N–H and O–H groups in total. The summed E-state index contributed by atoms with van der Waals surface area (Å²) < 4.78 is 1.15. The molecule has 0 heterocycles. The van der Waals surface area contributed by atoms with Gasteiger partial charge in [-0.05, 0) is 43.5 Å². The van der Waals surface area contributed by atoms with Crippen LogP contribution in [0.3, 0.4) is 0 Å². The Morgan fingerprint density at radius 1 is 1.50 bits per heavy atom. The quantitative estimate of drug-likeness (QED) is 0.575. The molecule has 16 heavy (non-hydrogen) atoms. The summed E-state index contributed by atoms with van der Waals surface area (Å²) in [6.45, 7) is 6.92. The van der Waals surface area contributed by atoms with Gasteiger partial charge < -0.3 is 5.32 Å². The molecule has 0 aliphatic carbocycles. The summed E-state index contributed by atoms with van der Waals surface area (Å²) >= 11 is 3.52. The lowest BCUT2D eigenvalue weighted by Gasteiger charge is -2.18. The monoisotopic (exact) mass is 281 g/mol. The van der Waals surface area contributed by atoms with Crippen LogP contribution in [0.5, 0.6) is 0 Å². The number of halogens is 1. The van der Waals surface area contributed by atoms with Crippen LogP contribution in [-0.2, 0) is 0 Å². The number of nitrogens with one attached hydrogen (secondary N) is 1.